The number of nitrogens with one attached hydrogen (secondary N) is 2. The van der Waals surface area contributed by atoms with Crippen molar-refractivity contribution in [2.24, 2.45) is 0 Å². The van der Waals surface area contributed by atoms with Crippen LogP contribution in [0.5, 0.6) is 0 Å². The normalized spacial score (nSPS) is 12.0. The van der Waals surface area contributed by atoms with Crippen LogP contribution in [0.3, 0.4) is 0 Å². The highest BCUT2D eigenvalue weighted by molar-refractivity contribution is 6.07. The van der Waals surface area contributed by atoms with Gasteiger partial charge >= 0.3 is 23.9 Å². The van der Waals surface area contributed by atoms with Crippen LogP contribution in [0.4, 0.5) is 0 Å². The summed E-state index contributed by atoms with van der Waals surface area (Å²) >= 11 is 0. The van der Waals surface area contributed by atoms with Crippen molar-refractivity contribution in [1.82, 2.24) is 19.9 Å². The summed E-state index contributed by atoms with van der Waals surface area (Å²) in [7, 11) is 0. The van der Waals surface area contributed by atoms with Gasteiger partial charge in [0.1, 0.15) is 22.3 Å². The summed E-state index contributed by atoms with van der Waals surface area (Å²) in [6.07, 6.45) is 5.30. The third-order valence-corrected chi connectivity index (χ3v) is 5.61. The smallest absolute Gasteiger partial charge is 0.340 e. The zero-order chi connectivity index (χ0) is 25.7. The molecule has 3 aromatic heterocycles. The topological polar surface area (TPSA) is 207 Å². The van der Waals surface area contributed by atoms with Crippen LogP contribution in [0.25, 0.3) is 46.4 Å². The van der Waals surface area contributed by atoms with Gasteiger partial charge in [-0.05, 0) is 48.6 Å². The number of hydrogen-bond donors (Lipinski definition) is 6. The van der Waals surface area contributed by atoms with Crippen LogP contribution in [-0.2, 0) is 0 Å². The Morgan fingerprint density at radius 1 is 0.472 bits per heavy atom. The van der Waals surface area contributed by atoms with E-state index in [1.807, 2.05) is 0 Å². The maximum absolute atomic E-state index is 12.1. The summed E-state index contributed by atoms with van der Waals surface area (Å²) in [5.74, 6) is -5.50. The summed E-state index contributed by atoms with van der Waals surface area (Å²) in [6, 6.07) is 5.41. The highest BCUT2D eigenvalue weighted by atomic mass is 16.4. The van der Waals surface area contributed by atoms with E-state index in [0.717, 1.165) is 0 Å². The Morgan fingerprint density at radius 3 is 0.889 bits per heavy atom. The van der Waals surface area contributed by atoms with E-state index in [9.17, 15) is 39.6 Å². The molecule has 0 fully saturated rings. The monoisotopic (exact) mass is 486 g/mol. The average molecular weight is 486 g/mol. The Balaban J connectivity index is 2.07. The van der Waals surface area contributed by atoms with Crippen LogP contribution in [0.2, 0.25) is 0 Å². The summed E-state index contributed by atoms with van der Waals surface area (Å²) in [6.45, 7) is 0. The SMILES string of the molecule is O=C(O)c1c2nc(c(C(=O)O)c3ccc([nH]3)c(C(=O)O)c3nc(c(C(=O)O)c4ccc1[nH]4)C=C3)C=C2. The zero-order valence-electron chi connectivity index (χ0n) is 17.9. The molecule has 0 saturated heterocycles. The lowest BCUT2D eigenvalue weighted by Crippen LogP contribution is -2.04. The van der Waals surface area contributed by atoms with E-state index in [1.165, 1.54) is 48.6 Å². The van der Waals surface area contributed by atoms with E-state index in [2.05, 4.69) is 19.9 Å². The van der Waals surface area contributed by atoms with Crippen LogP contribution in [0, 0.1) is 0 Å². The standard InChI is InChI=1S/C24H14N4O8/c29-21(30)17-9-1-2-10(25-9)18(22(31)32)12-5-6-14(27-12)20(24(35)36)16-8-7-15(28-16)19(23(33)34)13-4-3-11(17)26-13/h1-8,25,28H,(H,29,30)(H,31,32)(H,33,34)(H,35,36). The molecule has 0 aromatic carbocycles. The van der Waals surface area contributed by atoms with E-state index in [-0.39, 0.29) is 67.1 Å². The lowest BCUT2D eigenvalue weighted by Gasteiger charge is -1.99. The fourth-order valence-corrected chi connectivity index (χ4v) is 4.11. The predicted octanol–water partition coefficient (Wildman–Crippen LogP) is 3.45. The third kappa shape index (κ3) is 3.49. The Morgan fingerprint density at radius 2 is 0.694 bits per heavy atom. The van der Waals surface area contributed by atoms with Gasteiger partial charge in [0.2, 0.25) is 0 Å². The highest BCUT2D eigenvalue weighted by Gasteiger charge is 2.23. The number of aromatic carboxylic acids is 4. The molecule has 8 bridgehead atoms. The minimum atomic E-state index is -1.38. The third-order valence-electron chi connectivity index (χ3n) is 5.61. The number of rotatable bonds is 4. The van der Waals surface area contributed by atoms with Crippen molar-refractivity contribution in [3.8, 4) is 0 Å². The van der Waals surface area contributed by atoms with Crippen LogP contribution >= 0.6 is 0 Å². The molecule has 0 aliphatic carbocycles. The molecule has 12 heteroatoms. The number of carbonyl (C=O) groups is 4. The molecule has 178 valence electrons. The molecule has 5 rings (SSSR count). The molecule has 0 spiro atoms. The van der Waals surface area contributed by atoms with Crippen molar-refractivity contribution < 1.29 is 39.6 Å². The largest absolute Gasteiger partial charge is 0.478 e. The molecule has 3 aromatic rings. The molecule has 36 heavy (non-hydrogen) atoms. The highest BCUT2D eigenvalue weighted by Crippen LogP contribution is 2.27. The molecule has 5 heterocycles. The zero-order valence-corrected chi connectivity index (χ0v) is 17.9. The number of aromatic amines is 2. The molecular weight excluding hydrogens is 472 g/mol. The van der Waals surface area contributed by atoms with Gasteiger partial charge in [-0.1, -0.05) is 0 Å². The van der Waals surface area contributed by atoms with E-state index in [0.29, 0.717) is 0 Å². The Bertz CT molecular complexity index is 1510. The second-order valence-corrected chi connectivity index (χ2v) is 7.72. The molecule has 2 aliphatic heterocycles. The van der Waals surface area contributed by atoms with Crippen LogP contribution in [0.15, 0.2) is 24.3 Å². The molecular formula is C24H14N4O8. The average Bonchev–Trinajstić information content (AvgIpc) is 3.57. The molecule has 0 atom stereocenters. The molecule has 0 radical (unpaired) electrons. The van der Waals surface area contributed by atoms with Gasteiger partial charge in [0.05, 0.1) is 44.8 Å². The van der Waals surface area contributed by atoms with E-state index in [1.54, 1.807) is 0 Å². The van der Waals surface area contributed by atoms with Gasteiger partial charge in [-0.15, -0.1) is 0 Å². The van der Waals surface area contributed by atoms with Gasteiger partial charge in [-0.25, -0.2) is 29.1 Å². The van der Waals surface area contributed by atoms with Gasteiger partial charge < -0.3 is 30.4 Å². The summed E-state index contributed by atoms with van der Waals surface area (Å²) < 4.78 is 0. The van der Waals surface area contributed by atoms with Gasteiger partial charge in [0.15, 0.2) is 0 Å². The van der Waals surface area contributed by atoms with Crippen molar-refractivity contribution in [1.29, 1.82) is 0 Å². The van der Waals surface area contributed by atoms with Gasteiger partial charge in [0, 0.05) is 0 Å². The van der Waals surface area contributed by atoms with Crippen molar-refractivity contribution >= 4 is 70.2 Å². The second kappa shape index (κ2) is 8.06. The van der Waals surface area contributed by atoms with E-state index in [4.69, 9.17) is 0 Å². The number of hydrogen-bond acceptors (Lipinski definition) is 6. The fraction of sp³-hybridized carbons (Fsp3) is 0. The lowest BCUT2D eigenvalue weighted by molar-refractivity contribution is 0.0687. The van der Waals surface area contributed by atoms with E-state index < -0.39 is 23.9 Å². The Hall–Kier alpha value is -5.52. The second-order valence-electron chi connectivity index (χ2n) is 7.72. The van der Waals surface area contributed by atoms with Crippen LogP contribution in [-0.4, -0.2) is 64.2 Å². The summed E-state index contributed by atoms with van der Waals surface area (Å²) in [5, 5.41) is 39.5. The summed E-state index contributed by atoms with van der Waals surface area (Å²) in [4.78, 5) is 62.4. The fourth-order valence-electron chi connectivity index (χ4n) is 4.11. The number of fused-ring (bicyclic) bond motifs is 8. The minimum absolute atomic E-state index is 0.0246. The maximum atomic E-state index is 12.1. The molecule has 12 nitrogen and oxygen atoms in total. The first-order valence-corrected chi connectivity index (χ1v) is 10.2. The minimum Gasteiger partial charge on any atom is -0.478 e. The summed E-state index contributed by atoms with van der Waals surface area (Å²) in [5.41, 5.74) is -1.38. The van der Waals surface area contributed by atoms with Crippen LogP contribution in [0.1, 0.15) is 64.2 Å². The van der Waals surface area contributed by atoms with Gasteiger partial charge in [-0.2, -0.15) is 0 Å². The van der Waals surface area contributed by atoms with Crippen molar-refractivity contribution in [3.05, 3.63) is 69.3 Å². The predicted molar refractivity (Wildman–Crippen MR) is 127 cm³/mol. The van der Waals surface area contributed by atoms with Crippen LogP contribution < -0.4 is 0 Å². The van der Waals surface area contributed by atoms with Crippen molar-refractivity contribution in [2.45, 2.75) is 0 Å². The van der Waals surface area contributed by atoms with Crippen molar-refractivity contribution in [2.75, 3.05) is 0 Å². The number of nitrogens with zero attached hydrogens (tertiary/aromatic N) is 2. The lowest BCUT2D eigenvalue weighted by atomic mass is 10.2. The van der Waals surface area contributed by atoms with Gasteiger partial charge in [0.25, 0.3) is 0 Å². The van der Waals surface area contributed by atoms with Crippen molar-refractivity contribution in [3.63, 3.8) is 0 Å². The Kier molecular flexibility index (Phi) is 4.99. The first kappa shape index (κ1) is 22.3. The van der Waals surface area contributed by atoms with E-state index >= 15 is 0 Å². The molecule has 0 amide bonds. The maximum Gasteiger partial charge on any atom is 0.340 e. The molecule has 2 aliphatic rings. The first-order valence-electron chi connectivity index (χ1n) is 10.2. The number of carboxylic acids is 4. The molecule has 0 saturated carbocycles. The number of carboxylic acid groups (broad SMARTS) is 4. The number of aromatic nitrogens is 4. The van der Waals surface area contributed by atoms with Gasteiger partial charge in [-0.3, -0.25) is 0 Å². The quantitative estimate of drug-likeness (QED) is 0.218. The molecule has 0 unspecified atom stereocenters. The molecule has 6 N–H and O–H groups in total. The number of H-pyrrole nitrogens is 2. The first-order chi connectivity index (χ1) is 17.2. The Labute approximate surface area is 199 Å².